The number of rotatable bonds is 6. The van der Waals surface area contributed by atoms with Gasteiger partial charge < -0.3 is 38.3 Å². The third kappa shape index (κ3) is 3.32. The number of hydrogen-bond acceptors (Lipinski definition) is 10. The Morgan fingerprint density at radius 3 is 2.30 bits per heavy atom. The van der Waals surface area contributed by atoms with E-state index in [4.69, 9.17) is 33.2 Å². The molecular formula is C30H28O10. The van der Waals surface area contributed by atoms with E-state index in [1.54, 1.807) is 37.4 Å². The second kappa shape index (κ2) is 9.34. The molecule has 0 radical (unpaired) electrons. The van der Waals surface area contributed by atoms with Crippen LogP contribution in [0, 0.1) is 5.92 Å². The van der Waals surface area contributed by atoms with Crippen molar-refractivity contribution < 1.29 is 47.9 Å². The molecule has 5 atom stereocenters. The van der Waals surface area contributed by atoms with Crippen LogP contribution in [0.25, 0.3) is 0 Å². The zero-order chi connectivity index (χ0) is 28.2. The Morgan fingerprint density at radius 1 is 0.950 bits per heavy atom. The Labute approximate surface area is 230 Å². The van der Waals surface area contributed by atoms with E-state index in [1.165, 1.54) is 21.1 Å². The molecule has 0 bridgehead atoms. The highest BCUT2D eigenvalue weighted by Gasteiger charge is 2.80. The molecule has 2 aliphatic heterocycles. The Hall–Kier alpha value is -4.44. The van der Waals surface area contributed by atoms with Crippen LogP contribution in [0.5, 0.6) is 28.7 Å². The van der Waals surface area contributed by atoms with E-state index in [1.807, 2.05) is 30.3 Å². The first-order chi connectivity index (χ1) is 19.3. The van der Waals surface area contributed by atoms with Crippen molar-refractivity contribution in [3.63, 3.8) is 0 Å². The van der Waals surface area contributed by atoms with Crippen molar-refractivity contribution in [2.75, 3.05) is 28.1 Å². The summed E-state index contributed by atoms with van der Waals surface area (Å²) in [4.78, 5) is 26.2. The summed E-state index contributed by atoms with van der Waals surface area (Å²) in [7, 11) is 4.22. The summed E-state index contributed by atoms with van der Waals surface area (Å²) < 4.78 is 40.5. The molecule has 40 heavy (non-hydrogen) atoms. The van der Waals surface area contributed by atoms with E-state index in [9.17, 15) is 14.7 Å². The van der Waals surface area contributed by atoms with Crippen molar-refractivity contribution in [2.24, 2.45) is 5.92 Å². The molecule has 3 aromatic carbocycles. The Bertz CT molecular complexity index is 1470. The summed E-state index contributed by atoms with van der Waals surface area (Å²) in [6.45, 7) is 1.16. The van der Waals surface area contributed by atoms with Gasteiger partial charge in [-0.25, -0.2) is 0 Å². The van der Waals surface area contributed by atoms with E-state index in [0.717, 1.165) is 0 Å². The number of fused-ring (bicyclic) bond motifs is 4. The van der Waals surface area contributed by atoms with Gasteiger partial charge in [0.25, 0.3) is 0 Å². The Kier molecular flexibility index (Phi) is 6.03. The molecule has 0 amide bonds. The highest BCUT2D eigenvalue weighted by Crippen LogP contribution is 2.72. The number of benzene rings is 3. The van der Waals surface area contributed by atoms with Crippen LogP contribution in [0.15, 0.2) is 60.7 Å². The van der Waals surface area contributed by atoms with Crippen molar-refractivity contribution in [1.29, 1.82) is 0 Å². The smallest absolute Gasteiger partial charge is 0.313 e. The van der Waals surface area contributed by atoms with Gasteiger partial charge in [-0.1, -0.05) is 42.5 Å². The molecule has 0 unspecified atom stereocenters. The standard InChI is InChI=1S/C30H28O10/c1-16(31)39-27-22(28(32)36-4)23(17-8-6-5-7-9-17)30(18-10-12-19(34-2)13-11-18)29(27,33)24-20(40-30)14-21-25(26(24)35-3)38-15-37-21/h5-14,22-23,27,33H,15H2,1-4H3/t22-,23-,27-,29+,30+/m1/s1. The first-order valence-electron chi connectivity index (χ1n) is 12.7. The van der Waals surface area contributed by atoms with Gasteiger partial charge in [-0.2, -0.15) is 0 Å². The first-order valence-corrected chi connectivity index (χ1v) is 12.7. The van der Waals surface area contributed by atoms with E-state index >= 15 is 0 Å². The second-order valence-corrected chi connectivity index (χ2v) is 9.82. The predicted molar refractivity (Wildman–Crippen MR) is 139 cm³/mol. The van der Waals surface area contributed by atoms with Gasteiger partial charge in [-0.15, -0.1) is 0 Å². The van der Waals surface area contributed by atoms with E-state index in [-0.39, 0.29) is 29.6 Å². The average molecular weight is 549 g/mol. The zero-order valence-electron chi connectivity index (χ0n) is 22.3. The van der Waals surface area contributed by atoms with Crippen LogP contribution in [-0.4, -0.2) is 51.3 Å². The quantitative estimate of drug-likeness (QED) is 0.459. The number of hydrogen-bond donors (Lipinski definition) is 1. The maximum absolute atomic E-state index is 13.6. The Balaban J connectivity index is 1.74. The summed E-state index contributed by atoms with van der Waals surface area (Å²) >= 11 is 0. The number of methoxy groups -OCH3 is 3. The van der Waals surface area contributed by atoms with E-state index in [0.29, 0.717) is 22.6 Å². The minimum Gasteiger partial charge on any atom is -0.497 e. The lowest BCUT2D eigenvalue weighted by Crippen LogP contribution is -2.53. The topological polar surface area (TPSA) is 119 Å². The van der Waals surface area contributed by atoms with Gasteiger partial charge in [0.05, 0.1) is 26.9 Å². The van der Waals surface area contributed by atoms with E-state index in [2.05, 4.69) is 0 Å². The summed E-state index contributed by atoms with van der Waals surface area (Å²) in [6.07, 6.45) is -1.44. The molecule has 1 N–H and O–H groups in total. The van der Waals surface area contributed by atoms with Crippen LogP contribution in [0.3, 0.4) is 0 Å². The van der Waals surface area contributed by atoms with Crippen LogP contribution >= 0.6 is 0 Å². The van der Waals surface area contributed by atoms with Crippen LogP contribution in [-0.2, 0) is 30.3 Å². The summed E-state index contributed by atoms with van der Waals surface area (Å²) in [6, 6.07) is 17.7. The lowest BCUT2D eigenvalue weighted by molar-refractivity contribution is -0.185. The van der Waals surface area contributed by atoms with Gasteiger partial charge >= 0.3 is 11.9 Å². The molecular weight excluding hydrogens is 520 g/mol. The zero-order valence-corrected chi connectivity index (χ0v) is 22.3. The molecule has 6 rings (SSSR count). The SMILES string of the molecule is COC(=O)[C@H]1[C@@H](OC(C)=O)[C@@]2(O)c3c(cc4c(c3OC)OCO4)O[C@@]2(c2ccc(OC)cc2)[C@@H]1c1ccccc1. The van der Waals surface area contributed by atoms with Crippen molar-refractivity contribution in [2.45, 2.75) is 30.1 Å². The number of carbonyl (C=O) groups is 2. The van der Waals surface area contributed by atoms with Gasteiger partial charge in [0, 0.05) is 18.9 Å². The highest BCUT2D eigenvalue weighted by molar-refractivity contribution is 5.80. The lowest BCUT2D eigenvalue weighted by Gasteiger charge is -2.41. The molecule has 3 aromatic rings. The largest absolute Gasteiger partial charge is 0.497 e. The number of carbonyl (C=O) groups excluding carboxylic acids is 2. The molecule has 1 fully saturated rings. The molecule has 10 heteroatoms. The fraction of sp³-hybridized carbons (Fsp3) is 0.333. The number of ether oxygens (including phenoxy) is 7. The summed E-state index contributed by atoms with van der Waals surface area (Å²) in [5, 5.41) is 13.2. The van der Waals surface area contributed by atoms with Gasteiger partial charge in [0.15, 0.2) is 28.8 Å². The third-order valence-electron chi connectivity index (χ3n) is 7.98. The lowest BCUT2D eigenvalue weighted by atomic mass is 9.70. The predicted octanol–water partition coefficient (Wildman–Crippen LogP) is 3.43. The maximum atomic E-state index is 13.6. The average Bonchev–Trinajstić information content (AvgIpc) is 3.60. The third-order valence-corrected chi connectivity index (χ3v) is 7.98. The van der Waals surface area contributed by atoms with Crippen LogP contribution in [0.4, 0.5) is 0 Å². The molecule has 0 aromatic heterocycles. The van der Waals surface area contributed by atoms with E-state index < -0.39 is 41.1 Å². The Morgan fingerprint density at radius 2 is 1.68 bits per heavy atom. The molecule has 10 nitrogen and oxygen atoms in total. The fourth-order valence-corrected chi connectivity index (χ4v) is 6.54. The molecule has 208 valence electrons. The van der Waals surface area contributed by atoms with Gasteiger partial charge in [-0.05, 0) is 23.3 Å². The minimum absolute atomic E-state index is 0.0541. The first kappa shape index (κ1) is 25.8. The fourth-order valence-electron chi connectivity index (χ4n) is 6.54. The second-order valence-electron chi connectivity index (χ2n) is 9.82. The molecule has 1 saturated carbocycles. The number of esters is 2. The minimum atomic E-state index is -2.16. The van der Waals surface area contributed by atoms with Crippen LogP contribution in [0.1, 0.15) is 29.5 Å². The number of aliphatic hydroxyl groups is 1. The van der Waals surface area contributed by atoms with Gasteiger partial charge in [0.1, 0.15) is 17.4 Å². The molecule has 1 aliphatic carbocycles. The maximum Gasteiger partial charge on any atom is 0.313 e. The monoisotopic (exact) mass is 548 g/mol. The van der Waals surface area contributed by atoms with Crippen molar-refractivity contribution in [3.05, 3.63) is 77.4 Å². The van der Waals surface area contributed by atoms with Crippen molar-refractivity contribution in [3.8, 4) is 28.7 Å². The van der Waals surface area contributed by atoms with Gasteiger partial charge in [-0.3, -0.25) is 9.59 Å². The van der Waals surface area contributed by atoms with Crippen LogP contribution in [0.2, 0.25) is 0 Å². The molecule has 3 aliphatic rings. The van der Waals surface area contributed by atoms with Crippen molar-refractivity contribution in [1.82, 2.24) is 0 Å². The molecule has 2 heterocycles. The molecule has 0 saturated heterocycles. The highest BCUT2D eigenvalue weighted by atomic mass is 16.7. The van der Waals surface area contributed by atoms with Crippen molar-refractivity contribution >= 4 is 11.9 Å². The van der Waals surface area contributed by atoms with Gasteiger partial charge in [0.2, 0.25) is 12.5 Å². The summed E-state index contributed by atoms with van der Waals surface area (Å²) in [5.74, 6) is -1.84. The normalized spacial score (nSPS) is 27.3. The molecule has 0 spiro atoms. The van der Waals surface area contributed by atoms with Crippen LogP contribution < -0.4 is 23.7 Å². The summed E-state index contributed by atoms with van der Waals surface area (Å²) in [5.41, 5.74) is -2.52.